The SMILES string of the molecule is Cn1ncc(Cl)c1S(=O)(=O)N(CC(=O)O)CC1CC1. The number of carboxylic acids is 1. The van der Waals surface area contributed by atoms with Gasteiger partial charge in [-0.3, -0.25) is 9.48 Å². The average molecular weight is 308 g/mol. The molecule has 106 valence electrons. The van der Waals surface area contributed by atoms with E-state index in [-0.39, 0.29) is 22.5 Å². The van der Waals surface area contributed by atoms with Crippen LogP contribution in [0.25, 0.3) is 0 Å². The molecule has 0 atom stereocenters. The molecule has 0 spiro atoms. The molecule has 0 saturated heterocycles. The molecule has 1 heterocycles. The van der Waals surface area contributed by atoms with E-state index in [2.05, 4.69) is 5.10 Å². The smallest absolute Gasteiger partial charge is 0.318 e. The van der Waals surface area contributed by atoms with Gasteiger partial charge in [0.1, 0.15) is 6.54 Å². The van der Waals surface area contributed by atoms with Gasteiger partial charge in [-0.25, -0.2) is 8.42 Å². The van der Waals surface area contributed by atoms with Crippen molar-refractivity contribution in [1.82, 2.24) is 14.1 Å². The van der Waals surface area contributed by atoms with Gasteiger partial charge in [0.15, 0.2) is 5.03 Å². The van der Waals surface area contributed by atoms with Crippen molar-refractivity contribution in [3.63, 3.8) is 0 Å². The molecule has 1 aromatic heterocycles. The fraction of sp³-hybridized carbons (Fsp3) is 0.600. The van der Waals surface area contributed by atoms with Crippen LogP contribution >= 0.6 is 11.6 Å². The van der Waals surface area contributed by atoms with Gasteiger partial charge >= 0.3 is 5.97 Å². The van der Waals surface area contributed by atoms with Crippen molar-refractivity contribution >= 4 is 27.6 Å². The summed E-state index contributed by atoms with van der Waals surface area (Å²) in [7, 11) is -2.49. The number of aromatic nitrogens is 2. The molecule has 1 saturated carbocycles. The number of carboxylic acid groups (broad SMARTS) is 1. The van der Waals surface area contributed by atoms with Gasteiger partial charge in [0.2, 0.25) is 0 Å². The number of hydrogen-bond donors (Lipinski definition) is 1. The Bertz CT molecular complexity index is 574. The Kier molecular flexibility index (Phi) is 3.84. The number of aryl methyl sites for hydroxylation is 1. The van der Waals surface area contributed by atoms with Crippen molar-refractivity contribution in [3.8, 4) is 0 Å². The highest BCUT2D eigenvalue weighted by atomic mass is 35.5. The molecule has 19 heavy (non-hydrogen) atoms. The number of carbonyl (C=O) groups is 1. The summed E-state index contributed by atoms with van der Waals surface area (Å²) in [6, 6.07) is 0. The van der Waals surface area contributed by atoms with Crippen LogP contribution in [0.4, 0.5) is 0 Å². The van der Waals surface area contributed by atoms with Crippen LogP contribution < -0.4 is 0 Å². The van der Waals surface area contributed by atoms with Crippen molar-refractivity contribution in [2.75, 3.05) is 13.1 Å². The average Bonchev–Trinajstić information content (AvgIpc) is 3.02. The van der Waals surface area contributed by atoms with Gasteiger partial charge in [-0.2, -0.15) is 9.40 Å². The molecule has 0 aliphatic heterocycles. The van der Waals surface area contributed by atoms with Crippen LogP contribution in [0.1, 0.15) is 12.8 Å². The zero-order valence-corrected chi connectivity index (χ0v) is 11.9. The highest BCUT2D eigenvalue weighted by Gasteiger charge is 2.35. The molecule has 1 aliphatic carbocycles. The summed E-state index contributed by atoms with van der Waals surface area (Å²) in [5.74, 6) is -0.955. The quantitative estimate of drug-likeness (QED) is 0.829. The van der Waals surface area contributed by atoms with Crippen LogP contribution in [0.15, 0.2) is 11.2 Å². The first kappa shape index (κ1) is 14.3. The summed E-state index contributed by atoms with van der Waals surface area (Å²) in [6.45, 7) is -0.365. The van der Waals surface area contributed by atoms with Gasteiger partial charge in [-0.05, 0) is 18.8 Å². The summed E-state index contributed by atoms with van der Waals surface area (Å²) >= 11 is 5.83. The number of aliphatic carboxylic acids is 1. The van der Waals surface area contributed by atoms with E-state index in [9.17, 15) is 13.2 Å². The van der Waals surface area contributed by atoms with Gasteiger partial charge in [0.05, 0.1) is 11.2 Å². The minimum atomic E-state index is -3.95. The van der Waals surface area contributed by atoms with Crippen LogP contribution in [-0.2, 0) is 21.9 Å². The maximum atomic E-state index is 12.5. The lowest BCUT2D eigenvalue weighted by atomic mass is 10.4. The summed E-state index contributed by atoms with van der Waals surface area (Å²) < 4.78 is 27.0. The van der Waals surface area contributed by atoms with E-state index in [0.29, 0.717) is 0 Å². The molecule has 7 nitrogen and oxygen atoms in total. The molecule has 1 N–H and O–H groups in total. The predicted octanol–water partition coefficient (Wildman–Crippen LogP) is 0.559. The maximum absolute atomic E-state index is 12.5. The van der Waals surface area contributed by atoms with Gasteiger partial charge in [-0.1, -0.05) is 11.6 Å². The number of halogens is 1. The fourth-order valence-corrected chi connectivity index (χ4v) is 3.87. The monoisotopic (exact) mass is 307 g/mol. The van der Waals surface area contributed by atoms with Crippen LogP contribution in [0.2, 0.25) is 5.02 Å². The normalized spacial score (nSPS) is 15.9. The summed E-state index contributed by atoms with van der Waals surface area (Å²) in [6.07, 6.45) is 3.07. The number of hydrogen-bond acceptors (Lipinski definition) is 4. The van der Waals surface area contributed by atoms with Gasteiger partial charge in [0, 0.05) is 13.6 Å². The third kappa shape index (κ3) is 3.07. The summed E-state index contributed by atoms with van der Waals surface area (Å²) in [4.78, 5) is 10.8. The van der Waals surface area contributed by atoms with Crippen molar-refractivity contribution in [1.29, 1.82) is 0 Å². The molecule has 1 aromatic rings. The molecule has 1 fully saturated rings. The molecule has 9 heteroatoms. The summed E-state index contributed by atoms with van der Waals surface area (Å²) in [5, 5.41) is 12.4. The van der Waals surface area contributed by atoms with E-state index in [4.69, 9.17) is 16.7 Å². The molecule has 0 radical (unpaired) electrons. The highest BCUT2D eigenvalue weighted by molar-refractivity contribution is 7.89. The summed E-state index contributed by atoms with van der Waals surface area (Å²) in [5.41, 5.74) is 0. The minimum Gasteiger partial charge on any atom is -0.480 e. The zero-order valence-electron chi connectivity index (χ0n) is 10.3. The van der Waals surface area contributed by atoms with Crippen LogP contribution in [-0.4, -0.2) is 46.7 Å². The van der Waals surface area contributed by atoms with E-state index < -0.39 is 22.5 Å². The lowest BCUT2D eigenvalue weighted by Gasteiger charge is -2.20. The lowest BCUT2D eigenvalue weighted by molar-refractivity contribution is -0.137. The minimum absolute atomic E-state index is 0.00585. The van der Waals surface area contributed by atoms with Crippen molar-refractivity contribution in [2.24, 2.45) is 13.0 Å². The third-order valence-electron chi connectivity index (χ3n) is 2.90. The Morgan fingerprint density at radius 2 is 2.26 bits per heavy atom. The molecule has 2 rings (SSSR count). The molecular weight excluding hydrogens is 294 g/mol. The first-order valence-corrected chi connectivity index (χ1v) is 7.53. The molecular formula is C10H14ClN3O4S. The third-order valence-corrected chi connectivity index (χ3v) is 5.22. The van der Waals surface area contributed by atoms with Crippen molar-refractivity contribution in [3.05, 3.63) is 11.2 Å². The van der Waals surface area contributed by atoms with E-state index in [1.54, 1.807) is 0 Å². The molecule has 0 aromatic carbocycles. The number of nitrogens with zero attached hydrogens (tertiary/aromatic N) is 3. The fourth-order valence-electron chi connectivity index (χ4n) is 1.80. The highest BCUT2D eigenvalue weighted by Crippen LogP contribution is 2.32. The van der Waals surface area contributed by atoms with Crippen molar-refractivity contribution < 1.29 is 18.3 Å². The molecule has 0 bridgehead atoms. The van der Waals surface area contributed by atoms with Gasteiger partial charge < -0.3 is 5.11 Å². The second-order valence-corrected chi connectivity index (χ2v) is 6.82. The second-order valence-electron chi connectivity index (χ2n) is 4.56. The lowest BCUT2D eigenvalue weighted by Crippen LogP contribution is -2.38. The van der Waals surface area contributed by atoms with Crippen LogP contribution in [0, 0.1) is 5.92 Å². The molecule has 1 aliphatic rings. The van der Waals surface area contributed by atoms with E-state index >= 15 is 0 Å². The predicted molar refractivity (Wildman–Crippen MR) is 67.3 cm³/mol. The van der Waals surface area contributed by atoms with Crippen LogP contribution in [0.3, 0.4) is 0 Å². The van der Waals surface area contributed by atoms with Gasteiger partial charge in [0.25, 0.3) is 10.0 Å². The number of sulfonamides is 1. The van der Waals surface area contributed by atoms with E-state index in [0.717, 1.165) is 21.8 Å². The Hall–Kier alpha value is -1.12. The second kappa shape index (κ2) is 5.10. The van der Waals surface area contributed by atoms with Gasteiger partial charge in [-0.15, -0.1) is 0 Å². The Morgan fingerprint density at radius 3 is 2.68 bits per heavy atom. The Morgan fingerprint density at radius 1 is 1.63 bits per heavy atom. The first-order valence-electron chi connectivity index (χ1n) is 5.72. The van der Waals surface area contributed by atoms with E-state index in [1.807, 2.05) is 0 Å². The Labute approximate surface area is 115 Å². The first-order chi connectivity index (χ1) is 8.82. The van der Waals surface area contributed by atoms with Crippen molar-refractivity contribution in [2.45, 2.75) is 17.9 Å². The standard InChI is InChI=1S/C10H14ClN3O4S/c1-13-10(8(11)4-12-13)19(17,18)14(6-9(15)16)5-7-2-3-7/h4,7H,2-3,5-6H2,1H3,(H,15,16). The zero-order chi connectivity index (χ0) is 14.2. The Balaban J connectivity index is 2.35. The molecule has 0 amide bonds. The molecule has 0 unspecified atom stereocenters. The maximum Gasteiger partial charge on any atom is 0.318 e. The van der Waals surface area contributed by atoms with E-state index in [1.165, 1.54) is 13.2 Å². The largest absolute Gasteiger partial charge is 0.480 e. The number of rotatable bonds is 6. The topological polar surface area (TPSA) is 92.5 Å². The van der Waals surface area contributed by atoms with Crippen LogP contribution in [0.5, 0.6) is 0 Å².